The van der Waals surface area contributed by atoms with E-state index in [1.807, 2.05) is 6.92 Å². The van der Waals surface area contributed by atoms with Crippen LogP contribution in [0.15, 0.2) is 12.3 Å². The standard InChI is InChI=1S/C10H13ClN4O/c1-6(7-4-12-5-7)9(16)14-8-2-3-13-10(11)15-8/h2-3,6-7,12H,4-5H2,1H3,(H,13,14,15,16). The Hall–Kier alpha value is -1.20. The molecule has 1 aromatic heterocycles. The number of hydrogen-bond acceptors (Lipinski definition) is 4. The highest BCUT2D eigenvalue weighted by molar-refractivity contribution is 6.28. The van der Waals surface area contributed by atoms with Gasteiger partial charge < -0.3 is 10.6 Å². The lowest BCUT2D eigenvalue weighted by atomic mass is 9.88. The molecular weight excluding hydrogens is 228 g/mol. The summed E-state index contributed by atoms with van der Waals surface area (Å²) in [5.74, 6) is 0.817. The van der Waals surface area contributed by atoms with Crippen molar-refractivity contribution in [3.63, 3.8) is 0 Å². The van der Waals surface area contributed by atoms with Gasteiger partial charge in [0.15, 0.2) is 0 Å². The van der Waals surface area contributed by atoms with Gasteiger partial charge >= 0.3 is 0 Å². The van der Waals surface area contributed by atoms with Gasteiger partial charge in [0.25, 0.3) is 0 Å². The molecular formula is C10H13ClN4O. The zero-order chi connectivity index (χ0) is 11.5. The number of aromatic nitrogens is 2. The van der Waals surface area contributed by atoms with E-state index in [4.69, 9.17) is 11.6 Å². The number of hydrogen-bond donors (Lipinski definition) is 2. The third-order valence-electron chi connectivity index (χ3n) is 2.81. The SMILES string of the molecule is CC(C(=O)Nc1ccnc(Cl)n1)C1CNC1. The lowest BCUT2D eigenvalue weighted by Gasteiger charge is -2.31. The van der Waals surface area contributed by atoms with Crippen LogP contribution in [0, 0.1) is 11.8 Å². The normalized spacial score (nSPS) is 17.6. The van der Waals surface area contributed by atoms with Crippen LogP contribution in [0.1, 0.15) is 6.92 Å². The minimum Gasteiger partial charge on any atom is -0.316 e. The number of nitrogens with zero attached hydrogens (tertiary/aromatic N) is 2. The summed E-state index contributed by atoms with van der Waals surface area (Å²) in [6, 6.07) is 1.62. The first kappa shape index (κ1) is 11.3. The molecule has 2 rings (SSSR count). The van der Waals surface area contributed by atoms with E-state index < -0.39 is 0 Å². The average Bonchev–Trinajstić information content (AvgIpc) is 2.14. The van der Waals surface area contributed by atoms with E-state index in [-0.39, 0.29) is 17.1 Å². The fraction of sp³-hybridized carbons (Fsp3) is 0.500. The van der Waals surface area contributed by atoms with Gasteiger partial charge in [0, 0.05) is 12.1 Å². The van der Waals surface area contributed by atoms with Crippen LogP contribution in [0.3, 0.4) is 0 Å². The van der Waals surface area contributed by atoms with Gasteiger partial charge in [-0.15, -0.1) is 0 Å². The predicted molar refractivity (Wildman–Crippen MR) is 61.2 cm³/mol. The molecule has 6 heteroatoms. The Bertz CT molecular complexity index is 394. The van der Waals surface area contributed by atoms with Gasteiger partial charge in [-0.1, -0.05) is 6.92 Å². The minimum absolute atomic E-state index is 0.0185. The third kappa shape index (κ3) is 2.48. The average molecular weight is 241 g/mol. The number of amides is 1. The van der Waals surface area contributed by atoms with E-state index in [9.17, 15) is 4.79 Å². The molecule has 0 spiro atoms. The van der Waals surface area contributed by atoms with Crippen LogP contribution in [-0.4, -0.2) is 29.0 Å². The fourth-order valence-corrected chi connectivity index (χ4v) is 1.67. The Balaban J connectivity index is 1.96. The lowest BCUT2D eigenvalue weighted by Crippen LogP contribution is -2.48. The Kier molecular flexibility index (Phi) is 3.36. The van der Waals surface area contributed by atoms with Gasteiger partial charge in [-0.3, -0.25) is 4.79 Å². The molecule has 0 aliphatic carbocycles. The van der Waals surface area contributed by atoms with Crippen molar-refractivity contribution in [2.45, 2.75) is 6.92 Å². The molecule has 1 atom stereocenters. The molecule has 1 aliphatic heterocycles. The predicted octanol–water partition coefficient (Wildman–Crippen LogP) is 0.924. The minimum atomic E-state index is -0.0266. The van der Waals surface area contributed by atoms with Crippen molar-refractivity contribution in [1.29, 1.82) is 0 Å². The molecule has 1 fully saturated rings. The van der Waals surface area contributed by atoms with Crippen LogP contribution in [-0.2, 0) is 4.79 Å². The van der Waals surface area contributed by atoms with E-state index >= 15 is 0 Å². The van der Waals surface area contributed by atoms with Gasteiger partial charge in [-0.25, -0.2) is 9.97 Å². The highest BCUT2D eigenvalue weighted by atomic mass is 35.5. The van der Waals surface area contributed by atoms with Gasteiger partial charge in [0.2, 0.25) is 11.2 Å². The van der Waals surface area contributed by atoms with Crippen LogP contribution in [0.2, 0.25) is 5.28 Å². The van der Waals surface area contributed by atoms with Crippen molar-refractivity contribution in [1.82, 2.24) is 15.3 Å². The number of carbonyl (C=O) groups excluding carboxylic acids is 1. The molecule has 0 radical (unpaired) electrons. The number of anilines is 1. The Labute approximate surface area is 98.6 Å². The molecule has 2 N–H and O–H groups in total. The molecule has 0 bridgehead atoms. The largest absolute Gasteiger partial charge is 0.316 e. The fourth-order valence-electron chi connectivity index (χ4n) is 1.52. The highest BCUT2D eigenvalue weighted by Crippen LogP contribution is 2.17. The molecule has 1 aliphatic rings. The Morgan fingerprint density at radius 1 is 1.69 bits per heavy atom. The second-order valence-electron chi connectivity index (χ2n) is 3.91. The lowest BCUT2D eigenvalue weighted by molar-refractivity contribution is -0.121. The van der Waals surface area contributed by atoms with E-state index in [0.717, 1.165) is 13.1 Å². The van der Waals surface area contributed by atoms with Crippen molar-refractivity contribution in [3.05, 3.63) is 17.5 Å². The topological polar surface area (TPSA) is 66.9 Å². The molecule has 2 heterocycles. The molecule has 1 unspecified atom stereocenters. The first-order valence-corrected chi connectivity index (χ1v) is 5.55. The van der Waals surface area contributed by atoms with Crippen molar-refractivity contribution < 1.29 is 4.79 Å². The van der Waals surface area contributed by atoms with Gasteiger partial charge in [0.05, 0.1) is 0 Å². The van der Waals surface area contributed by atoms with Crippen LogP contribution >= 0.6 is 11.6 Å². The van der Waals surface area contributed by atoms with Gasteiger partial charge in [-0.05, 0) is 36.7 Å². The van der Waals surface area contributed by atoms with Gasteiger partial charge in [0.1, 0.15) is 5.82 Å². The van der Waals surface area contributed by atoms with Crippen LogP contribution in [0.25, 0.3) is 0 Å². The molecule has 0 saturated carbocycles. The molecule has 0 aromatic carbocycles. The summed E-state index contributed by atoms with van der Waals surface area (Å²) in [7, 11) is 0. The summed E-state index contributed by atoms with van der Waals surface area (Å²) in [4.78, 5) is 19.5. The summed E-state index contributed by atoms with van der Waals surface area (Å²) >= 11 is 5.63. The molecule has 1 aromatic rings. The quantitative estimate of drug-likeness (QED) is 0.772. The van der Waals surface area contributed by atoms with E-state index in [2.05, 4.69) is 20.6 Å². The number of rotatable bonds is 3. The monoisotopic (exact) mass is 240 g/mol. The molecule has 1 saturated heterocycles. The van der Waals surface area contributed by atoms with Crippen molar-refractivity contribution in [2.75, 3.05) is 18.4 Å². The third-order valence-corrected chi connectivity index (χ3v) is 2.99. The summed E-state index contributed by atoms with van der Waals surface area (Å²) < 4.78 is 0. The van der Waals surface area contributed by atoms with Crippen molar-refractivity contribution in [3.8, 4) is 0 Å². The van der Waals surface area contributed by atoms with Gasteiger partial charge in [-0.2, -0.15) is 0 Å². The Morgan fingerprint density at radius 2 is 2.44 bits per heavy atom. The van der Waals surface area contributed by atoms with Crippen LogP contribution in [0.5, 0.6) is 0 Å². The van der Waals surface area contributed by atoms with Crippen LogP contribution in [0.4, 0.5) is 5.82 Å². The summed E-state index contributed by atoms with van der Waals surface area (Å²) in [6.07, 6.45) is 1.51. The second-order valence-corrected chi connectivity index (χ2v) is 4.25. The smallest absolute Gasteiger partial charge is 0.228 e. The first-order valence-electron chi connectivity index (χ1n) is 5.17. The van der Waals surface area contributed by atoms with E-state index in [1.165, 1.54) is 6.20 Å². The molecule has 86 valence electrons. The molecule has 5 nitrogen and oxygen atoms in total. The number of nitrogens with one attached hydrogen (secondary N) is 2. The number of carbonyl (C=O) groups is 1. The summed E-state index contributed by atoms with van der Waals surface area (Å²) in [5, 5.41) is 6.01. The maximum Gasteiger partial charge on any atom is 0.228 e. The van der Waals surface area contributed by atoms with Crippen molar-refractivity contribution >= 4 is 23.3 Å². The van der Waals surface area contributed by atoms with Crippen LogP contribution < -0.4 is 10.6 Å². The highest BCUT2D eigenvalue weighted by Gasteiger charge is 2.28. The first-order chi connectivity index (χ1) is 7.66. The number of halogens is 1. The second kappa shape index (κ2) is 4.76. The maximum atomic E-state index is 11.8. The van der Waals surface area contributed by atoms with Crippen molar-refractivity contribution in [2.24, 2.45) is 11.8 Å². The molecule has 1 amide bonds. The molecule has 16 heavy (non-hydrogen) atoms. The zero-order valence-corrected chi connectivity index (χ0v) is 9.66. The Morgan fingerprint density at radius 3 is 3.00 bits per heavy atom. The zero-order valence-electron chi connectivity index (χ0n) is 8.90. The summed E-state index contributed by atoms with van der Waals surface area (Å²) in [6.45, 7) is 3.72. The summed E-state index contributed by atoms with van der Waals surface area (Å²) in [5.41, 5.74) is 0. The van der Waals surface area contributed by atoms with E-state index in [1.54, 1.807) is 6.07 Å². The maximum absolute atomic E-state index is 11.8. The van der Waals surface area contributed by atoms with E-state index in [0.29, 0.717) is 11.7 Å².